The molecule has 1 fully saturated rings. The van der Waals surface area contributed by atoms with Gasteiger partial charge in [0.25, 0.3) is 0 Å². The molecule has 1 saturated heterocycles. The molecule has 0 saturated carbocycles. The van der Waals surface area contributed by atoms with Crippen molar-refractivity contribution >= 4 is 5.91 Å². The summed E-state index contributed by atoms with van der Waals surface area (Å²) >= 11 is 0. The first-order chi connectivity index (χ1) is 7.52. The Balaban J connectivity index is 2.38. The third kappa shape index (κ3) is 3.76. The second-order valence-corrected chi connectivity index (χ2v) is 4.98. The molecular formula is C12H24N2O2. The molecule has 2 N–H and O–H groups in total. The molecule has 0 radical (unpaired) electrons. The van der Waals surface area contributed by atoms with Crippen LogP contribution in [0.15, 0.2) is 0 Å². The SMILES string of the molecule is CC(C)[C@@H](N)C(=O)N(C)CC1CCCCO1. The zero-order valence-electron chi connectivity index (χ0n) is 10.6. The maximum Gasteiger partial charge on any atom is 0.239 e. The number of carbonyl (C=O) groups excluding carboxylic acids is 1. The average molecular weight is 228 g/mol. The van der Waals surface area contributed by atoms with Crippen LogP contribution in [0.3, 0.4) is 0 Å². The van der Waals surface area contributed by atoms with Crippen molar-refractivity contribution in [3.8, 4) is 0 Å². The van der Waals surface area contributed by atoms with Gasteiger partial charge >= 0.3 is 0 Å². The highest BCUT2D eigenvalue weighted by atomic mass is 16.5. The minimum atomic E-state index is -0.395. The summed E-state index contributed by atoms with van der Waals surface area (Å²) in [4.78, 5) is 13.6. The topological polar surface area (TPSA) is 55.6 Å². The number of ether oxygens (including phenoxy) is 1. The molecule has 0 aromatic carbocycles. The van der Waals surface area contributed by atoms with Gasteiger partial charge in [-0.05, 0) is 25.2 Å². The number of carbonyl (C=O) groups is 1. The van der Waals surface area contributed by atoms with E-state index >= 15 is 0 Å². The molecule has 0 bridgehead atoms. The van der Waals surface area contributed by atoms with Crippen LogP contribution < -0.4 is 5.73 Å². The molecule has 94 valence electrons. The number of likely N-dealkylation sites (N-methyl/N-ethyl adjacent to an activating group) is 1. The number of nitrogens with two attached hydrogens (primary N) is 1. The predicted octanol–water partition coefficient (Wildman–Crippen LogP) is 0.997. The van der Waals surface area contributed by atoms with Crippen LogP contribution in [0.5, 0.6) is 0 Å². The highest BCUT2D eigenvalue weighted by Gasteiger charge is 2.24. The van der Waals surface area contributed by atoms with E-state index in [1.165, 1.54) is 6.42 Å². The van der Waals surface area contributed by atoms with E-state index in [1.807, 2.05) is 20.9 Å². The summed E-state index contributed by atoms with van der Waals surface area (Å²) in [5, 5.41) is 0. The lowest BCUT2D eigenvalue weighted by Gasteiger charge is -2.29. The van der Waals surface area contributed by atoms with Crippen molar-refractivity contribution in [3.63, 3.8) is 0 Å². The van der Waals surface area contributed by atoms with Crippen LogP contribution >= 0.6 is 0 Å². The van der Waals surface area contributed by atoms with Gasteiger partial charge in [-0.25, -0.2) is 0 Å². The van der Waals surface area contributed by atoms with Crippen molar-refractivity contribution < 1.29 is 9.53 Å². The summed E-state index contributed by atoms with van der Waals surface area (Å²) < 4.78 is 5.60. The minimum Gasteiger partial charge on any atom is -0.376 e. The van der Waals surface area contributed by atoms with Gasteiger partial charge < -0.3 is 15.4 Å². The Morgan fingerprint density at radius 1 is 1.50 bits per heavy atom. The van der Waals surface area contributed by atoms with E-state index in [1.54, 1.807) is 4.90 Å². The first-order valence-electron chi connectivity index (χ1n) is 6.14. The Kier molecular flexibility index (Phi) is 5.22. The molecule has 1 heterocycles. The van der Waals surface area contributed by atoms with E-state index in [-0.39, 0.29) is 17.9 Å². The van der Waals surface area contributed by atoms with E-state index in [4.69, 9.17) is 10.5 Å². The average Bonchev–Trinajstić information content (AvgIpc) is 2.28. The van der Waals surface area contributed by atoms with E-state index in [0.717, 1.165) is 19.4 Å². The first-order valence-corrected chi connectivity index (χ1v) is 6.14. The predicted molar refractivity (Wildman–Crippen MR) is 64.0 cm³/mol. The van der Waals surface area contributed by atoms with E-state index in [2.05, 4.69) is 0 Å². The van der Waals surface area contributed by atoms with Gasteiger partial charge in [0.15, 0.2) is 0 Å². The third-order valence-corrected chi connectivity index (χ3v) is 3.13. The fraction of sp³-hybridized carbons (Fsp3) is 0.917. The van der Waals surface area contributed by atoms with Gasteiger partial charge in [-0.2, -0.15) is 0 Å². The van der Waals surface area contributed by atoms with Crippen LogP contribution in [-0.2, 0) is 9.53 Å². The Labute approximate surface area is 98.1 Å². The lowest BCUT2D eigenvalue weighted by Crippen LogP contribution is -2.47. The summed E-state index contributed by atoms with van der Waals surface area (Å²) in [5.74, 6) is 0.200. The zero-order chi connectivity index (χ0) is 12.1. The molecule has 1 rings (SSSR count). The molecular weight excluding hydrogens is 204 g/mol. The molecule has 1 amide bonds. The normalized spacial score (nSPS) is 23.2. The second kappa shape index (κ2) is 6.21. The minimum absolute atomic E-state index is 0.0178. The van der Waals surface area contributed by atoms with Gasteiger partial charge in [0.05, 0.1) is 12.1 Å². The monoisotopic (exact) mass is 228 g/mol. The highest BCUT2D eigenvalue weighted by molar-refractivity contribution is 5.81. The number of amides is 1. The quantitative estimate of drug-likeness (QED) is 0.781. The number of hydrogen-bond acceptors (Lipinski definition) is 3. The molecule has 0 aromatic heterocycles. The summed E-state index contributed by atoms with van der Waals surface area (Å²) in [6, 6.07) is -0.395. The molecule has 1 aliphatic heterocycles. The largest absolute Gasteiger partial charge is 0.376 e. The van der Waals surface area contributed by atoms with E-state index in [0.29, 0.717) is 6.54 Å². The second-order valence-electron chi connectivity index (χ2n) is 4.98. The highest BCUT2D eigenvalue weighted by Crippen LogP contribution is 2.14. The molecule has 1 aliphatic rings. The molecule has 2 atom stereocenters. The maximum absolute atomic E-state index is 11.9. The van der Waals surface area contributed by atoms with Crippen molar-refractivity contribution in [2.24, 2.45) is 11.7 Å². The van der Waals surface area contributed by atoms with Gasteiger partial charge in [0.2, 0.25) is 5.91 Å². The Morgan fingerprint density at radius 3 is 2.69 bits per heavy atom. The standard InChI is InChI=1S/C12H24N2O2/c1-9(2)11(13)12(15)14(3)8-10-6-4-5-7-16-10/h9-11H,4-8,13H2,1-3H3/t10?,11-/m1/s1. The van der Waals surface area contributed by atoms with Gasteiger partial charge in [-0.1, -0.05) is 13.8 Å². The zero-order valence-corrected chi connectivity index (χ0v) is 10.6. The molecule has 0 aliphatic carbocycles. The van der Waals surface area contributed by atoms with Crippen LogP contribution in [0.1, 0.15) is 33.1 Å². The van der Waals surface area contributed by atoms with Crippen molar-refractivity contribution in [3.05, 3.63) is 0 Å². The van der Waals surface area contributed by atoms with Gasteiger partial charge in [-0.15, -0.1) is 0 Å². The molecule has 0 aromatic rings. The maximum atomic E-state index is 11.9. The molecule has 16 heavy (non-hydrogen) atoms. The number of rotatable bonds is 4. The van der Waals surface area contributed by atoms with E-state index in [9.17, 15) is 4.79 Å². The Morgan fingerprint density at radius 2 is 2.19 bits per heavy atom. The molecule has 0 spiro atoms. The summed E-state index contributed by atoms with van der Waals surface area (Å²) in [6.45, 7) is 5.42. The van der Waals surface area contributed by atoms with Crippen LogP contribution in [0, 0.1) is 5.92 Å². The third-order valence-electron chi connectivity index (χ3n) is 3.13. The molecule has 4 nitrogen and oxygen atoms in total. The lowest BCUT2D eigenvalue weighted by molar-refractivity contribution is -0.134. The molecule has 1 unspecified atom stereocenters. The van der Waals surface area contributed by atoms with Crippen LogP contribution in [0.25, 0.3) is 0 Å². The number of hydrogen-bond donors (Lipinski definition) is 1. The summed E-state index contributed by atoms with van der Waals surface area (Å²) in [7, 11) is 1.81. The summed E-state index contributed by atoms with van der Waals surface area (Å²) in [6.07, 6.45) is 3.58. The van der Waals surface area contributed by atoms with Gasteiger partial charge in [0, 0.05) is 20.2 Å². The fourth-order valence-electron chi connectivity index (χ4n) is 1.89. The number of nitrogens with zero attached hydrogens (tertiary/aromatic N) is 1. The Hall–Kier alpha value is -0.610. The van der Waals surface area contributed by atoms with E-state index < -0.39 is 6.04 Å². The lowest BCUT2D eigenvalue weighted by atomic mass is 10.0. The van der Waals surface area contributed by atoms with Gasteiger partial charge in [0.1, 0.15) is 0 Å². The van der Waals surface area contributed by atoms with Crippen molar-refractivity contribution in [2.75, 3.05) is 20.2 Å². The van der Waals surface area contributed by atoms with Crippen molar-refractivity contribution in [1.29, 1.82) is 0 Å². The van der Waals surface area contributed by atoms with Crippen LogP contribution in [0.2, 0.25) is 0 Å². The fourth-order valence-corrected chi connectivity index (χ4v) is 1.89. The summed E-state index contributed by atoms with van der Waals surface area (Å²) in [5.41, 5.74) is 5.83. The van der Waals surface area contributed by atoms with Crippen molar-refractivity contribution in [2.45, 2.75) is 45.3 Å². The van der Waals surface area contributed by atoms with Crippen molar-refractivity contribution in [1.82, 2.24) is 4.90 Å². The van der Waals surface area contributed by atoms with Gasteiger partial charge in [-0.3, -0.25) is 4.79 Å². The Bertz CT molecular complexity index is 225. The van der Waals surface area contributed by atoms with Crippen LogP contribution in [0.4, 0.5) is 0 Å². The first kappa shape index (κ1) is 13.5. The molecule has 4 heteroatoms. The smallest absolute Gasteiger partial charge is 0.239 e. The van der Waals surface area contributed by atoms with Crippen LogP contribution in [-0.4, -0.2) is 43.2 Å².